The maximum atomic E-state index is 4.20. The van der Waals surface area contributed by atoms with Gasteiger partial charge in [-0.15, -0.1) is 0 Å². The molecule has 0 amide bonds. The molecule has 0 radical (unpaired) electrons. The van der Waals surface area contributed by atoms with Crippen LogP contribution in [0.2, 0.25) is 0 Å². The highest BCUT2D eigenvalue weighted by atomic mass is 15.1. The van der Waals surface area contributed by atoms with Crippen molar-refractivity contribution >= 4 is 23.0 Å². The molecule has 1 aliphatic heterocycles. The molecule has 0 aliphatic carbocycles. The predicted molar refractivity (Wildman–Crippen MR) is 55.0 cm³/mol. The van der Waals surface area contributed by atoms with Crippen molar-refractivity contribution in [3.05, 3.63) is 36.7 Å². The molecule has 2 N–H and O–H groups in total. The molecule has 1 aliphatic rings. The van der Waals surface area contributed by atoms with E-state index in [4.69, 9.17) is 0 Å². The minimum atomic E-state index is 0.818. The van der Waals surface area contributed by atoms with Gasteiger partial charge in [0, 0.05) is 12.4 Å². The monoisotopic (exact) mass is 184 g/mol. The summed E-state index contributed by atoms with van der Waals surface area (Å²) in [6.45, 7) is 0. The minimum absolute atomic E-state index is 0.818. The lowest BCUT2D eigenvalue weighted by Gasteiger charge is -2.20. The zero-order chi connectivity index (χ0) is 9.38. The van der Waals surface area contributed by atoms with Crippen LogP contribution in [0.5, 0.6) is 0 Å². The Bertz CT molecular complexity index is 394. The van der Waals surface area contributed by atoms with Crippen molar-refractivity contribution in [3.8, 4) is 0 Å². The van der Waals surface area contributed by atoms with Crippen molar-refractivity contribution in [2.24, 2.45) is 0 Å². The molecule has 2 aromatic rings. The van der Waals surface area contributed by atoms with Gasteiger partial charge in [-0.25, -0.2) is 9.97 Å². The van der Waals surface area contributed by atoms with Gasteiger partial charge in [0.25, 0.3) is 0 Å². The summed E-state index contributed by atoms with van der Waals surface area (Å²) in [5, 5.41) is 6.41. The lowest BCUT2D eigenvalue weighted by Crippen LogP contribution is -2.08. The van der Waals surface area contributed by atoms with E-state index in [9.17, 15) is 0 Å². The Morgan fingerprint density at radius 2 is 1.36 bits per heavy atom. The molecule has 4 nitrogen and oxygen atoms in total. The second-order valence-corrected chi connectivity index (χ2v) is 3.05. The number of hydrogen-bond acceptors (Lipinski definition) is 4. The van der Waals surface area contributed by atoms with E-state index in [-0.39, 0.29) is 0 Å². The van der Waals surface area contributed by atoms with Crippen molar-refractivity contribution in [2.75, 3.05) is 10.6 Å². The second kappa shape index (κ2) is 2.70. The molecular formula is C10H8N4. The van der Waals surface area contributed by atoms with Crippen LogP contribution in [0.1, 0.15) is 0 Å². The van der Waals surface area contributed by atoms with Crippen molar-refractivity contribution in [1.82, 2.24) is 9.97 Å². The third kappa shape index (κ3) is 1.01. The first-order chi connectivity index (χ1) is 6.93. The van der Waals surface area contributed by atoms with Crippen LogP contribution >= 0.6 is 0 Å². The Morgan fingerprint density at radius 3 is 1.93 bits per heavy atom. The average Bonchev–Trinajstić information content (AvgIpc) is 2.26. The maximum absolute atomic E-state index is 4.20. The fourth-order valence-electron chi connectivity index (χ4n) is 1.47. The molecule has 0 atom stereocenters. The number of hydrogen-bond donors (Lipinski definition) is 2. The maximum Gasteiger partial charge on any atom is 0.155 e. The van der Waals surface area contributed by atoms with Gasteiger partial charge < -0.3 is 10.6 Å². The summed E-state index contributed by atoms with van der Waals surface area (Å²) in [7, 11) is 0. The SMILES string of the molecule is c1cnc2c(c1)Nc1cccnc1N2. The van der Waals surface area contributed by atoms with Crippen LogP contribution in [-0.2, 0) is 0 Å². The van der Waals surface area contributed by atoms with Gasteiger partial charge in [-0.05, 0) is 24.3 Å². The Balaban J connectivity index is 2.12. The Morgan fingerprint density at radius 1 is 0.786 bits per heavy atom. The lowest BCUT2D eigenvalue weighted by molar-refractivity contribution is 1.22. The Hall–Kier alpha value is -2.10. The molecule has 0 fully saturated rings. The number of pyridine rings is 2. The molecule has 0 saturated heterocycles. The summed E-state index contributed by atoms with van der Waals surface area (Å²) >= 11 is 0. The van der Waals surface area contributed by atoms with Crippen LogP contribution in [-0.4, -0.2) is 9.97 Å². The quantitative estimate of drug-likeness (QED) is 0.562. The first-order valence-electron chi connectivity index (χ1n) is 4.37. The van der Waals surface area contributed by atoms with Crippen LogP contribution < -0.4 is 10.6 Å². The van der Waals surface area contributed by atoms with Gasteiger partial charge >= 0.3 is 0 Å². The zero-order valence-electron chi connectivity index (χ0n) is 7.36. The largest absolute Gasteiger partial charge is 0.349 e. The van der Waals surface area contributed by atoms with Gasteiger partial charge in [-0.2, -0.15) is 0 Å². The third-order valence-corrected chi connectivity index (χ3v) is 2.12. The van der Waals surface area contributed by atoms with Crippen LogP contribution in [0.3, 0.4) is 0 Å². The van der Waals surface area contributed by atoms with Gasteiger partial charge in [0.1, 0.15) is 0 Å². The van der Waals surface area contributed by atoms with Gasteiger partial charge in [-0.3, -0.25) is 0 Å². The predicted octanol–water partition coefficient (Wildman–Crippen LogP) is 2.28. The smallest absolute Gasteiger partial charge is 0.155 e. The average molecular weight is 184 g/mol. The number of rotatable bonds is 0. The number of nitrogens with one attached hydrogen (secondary N) is 2. The number of anilines is 4. The van der Waals surface area contributed by atoms with E-state index in [0.717, 1.165) is 23.0 Å². The first-order valence-corrected chi connectivity index (χ1v) is 4.37. The third-order valence-electron chi connectivity index (χ3n) is 2.12. The number of fused-ring (bicyclic) bond motifs is 2. The van der Waals surface area contributed by atoms with Crippen molar-refractivity contribution in [2.45, 2.75) is 0 Å². The molecule has 0 spiro atoms. The molecule has 0 bridgehead atoms. The number of aromatic nitrogens is 2. The minimum Gasteiger partial charge on any atom is -0.349 e. The van der Waals surface area contributed by atoms with Gasteiger partial charge in [0.15, 0.2) is 11.6 Å². The standard InChI is InChI=1S/C10H8N4/c1-3-7-9(11-5-1)14-10-8(13-7)4-2-6-12-10/h1-6,13H,(H,11,12,14). The molecule has 0 saturated carbocycles. The second-order valence-electron chi connectivity index (χ2n) is 3.05. The summed E-state index contributed by atoms with van der Waals surface area (Å²) in [6.07, 6.45) is 3.50. The highest BCUT2D eigenvalue weighted by molar-refractivity contribution is 5.85. The molecule has 14 heavy (non-hydrogen) atoms. The molecule has 3 heterocycles. The summed E-state index contributed by atoms with van der Waals surface area (Å²) in [5.41, 5.74) is 1.96. The topological polar surface area (TPSA) is 49.8 Å². The summed E-state index contributed by atoms with van der Waals surface area (Å²) < 4.78 is 0. The summed E-state index contributed by atoms with van der Waals surface area (Å²) in [5.74, 6) is 1.64. The van der Waals surface area contributed by atoms with Crippen molar-refractivity contribution < 1.29 is 0 Å². The summed E-state index contributed by atoms with van der Waals surface area (Å²) in [4.78, 5) is 8.41. The van der Waals surface area contributed by atoms with Gasteiger partial charge in [-0.1, -0.05) is 0 Å². The van der Waals surface area contributed by atoms with E-state index in [0.29, 0.717) is 0 Å². The van der Waals surface area contributed by atoms with E-state index in [1.165, 1.54) is 0 Å². The molecule has 0 unspecified atom stereocenters. The highest BCUT2D eigenvalue weighted by Gasteiger charge is 2.14. The van der Waals surface area contributed by atoms with Crippen molar-refractivity contribution in [1.29, 1.82) is 0 Å². The van der Waals surface area contributed by atoms with E-state index in [1.807, 2.05) is 24.3 Å². The fraction of sp³-hybridized carbons (Fsp3) is 0. The molecule has 68 valence electrons. The molecule has 2 aromatic heterocycles. The van der Waals surface area contributed by atoms with Gasteiger partial charge in [0.05, 0.1) is 11.4 Å². The van der Waals surface area contributed by atoms with E-state index in [2.05, 4.69) is 20.6 Å². The molecule has 0 aromatic carbocycles. The molecule has 4 heteroatoms. The first kappa shape index (κ1) is 7.32. The van der Waals surface area contributed by atoms with Crippen LogP contribution in [0.25, 0.3) is 0 Å². The molecule has 3 rings (SSSR count). The lowest BCUT2D eigenvalue weighted by atomic mass is 10.2. The fourth-order valence-corrected chi connectivity index (χ4v) is 1.47. The zero-order valence-corrected chi connectivity index (χ0v) is 7.36. The van der Waals surface area contributed by atoms with Crippen LogP contribution in [0.15, 0.2) is 36.7 Å². The highest BCUT2D eigenvalue weighted by Crippen LogP contribution is 2.34. The number of nitrogens with zero attached hydrogens (tertiary/aromatic N) is 2. The Labute approximate surface area is 81.0 Å². The van der Waals surface area contributed by atoms with Crippen LogP contribution in [0, 0.1) is 0 Å². The van der Waals surface area contributed by atoms with E-state index >= 15 is 0 Å². The summed E-state index contributed by atoms with van der Waals surface area (Å²) in [6, 6.07) is 7.75. The Kier molecular flexibility index (Phi) is 1.41. The van der Waals surface area contributed by atoms with E-state index < -0.39 is 0 Å². The van der Waals surface area contributed by atoms with Crippen molar-refractivity contribution in [3.63, 3.8) is 0 Å². The van der Waals surface area contributed by atoms with E-state index in [1.54, 1.807) is 12.4 Å². The van der Waals surface area contributed by atoms with Crippen LogP contribution in [0.4, 0.5) is 23.0 Å². The van der Waals surface area contributed by atoms with Gasteiger partial charge in [0.2, 0.25) is 0 Å². The molecular weight excluding hydrogens is 176 g/mol. The normalized spacial score (nSPS) is 12.0.